The van der Waals surface area contributed by atoms with Crippen LogP contribution in [-0.4, -0.2) is 62.8 Å². The minimum absolute atomic E-state index is 0.0105. The number of alkyl halides is 2. The van der Waals surface area contributed by atoms with Crippen LogP contribution in [0.3, 0.4) is 0 Å². The van der Waals surface area contributed by atoms with Gasteiger partial charge in [0.05, 0.1) is 35.1 Å². The first-order valence-corrected chi connectivity index (χ1v) is 16.0. The molecule has 2 saturated carbocycles. The second kappa shape index (κ2) is 12.1. The molecule has 6 atom stereocenters. The highest BCUT2D eigenvalue weighted by atomic mass is 79.9. The first-order valence-electron chi connectivity index (χ1n) is 13.8. The van der Waals surface area contributed by atoms with Crippen LogP contribution in [-0.2, 0) is 9.59 Å². The third kappa shape index (κ3) is 5.24. The van der Waals surface area contributed by atoms with Gasteiger partial charge in [-0.2, -0.15) is 5.01 Å². The van der Waals surface area contributed by atoms with Gasteiger partial charge in [-0.15, -0.1) is 0 Å². The van der Waals surface area contributed by atoms with Crippen molar-refractivity contribution in [3.05, 3.63) is 94.5 Å². The molecule has 3 aromatic rings. The minimum Gasteiger partial charge on any atom is -0.497 e. The minimum atomic E-state index is -0.743. The number of imide groups is 1. The first kappa shape index (κ1) is 30.5. The SMILES string of the molecule is COc1cccc(C(=O)Oc2ccc(C(=O)CN(C(=O)c3ccccc3Cl)N3C(=O)[C@@H]4[C@H]5C[C@@H]([C@H](Br)[C@@H]5Br)[C@@H]4C3=O)cc2)c1. The van der Waals surface area contributed by atoms with Gasteiger partial charge >= 0.3 is 5.97 Å². The topological polar surface area (TPSA) is 110 Å². The standard InChI is InChI=1S/C32H25Br2ClN2O7/c1-43-19-6-4-5-17(13-19)32(42)44-18-11-9-16(10-12-18)24(38)15-36(29(39)20-7-2-3-8-23(20)35)37-30(40)25-21-14-22(26(25)31(37)41)28(34)27(21)33/h2-13,21-22,25-28H,14-15H2,1H3/t21-,22-,25-,26+,27-,28+/m1/s1. The molecule has 12 heteroatoms. The average Bonchev–Trinajstić information content (AvgIpc) is 3.64. The summed E-state index contributed by atoms with van der Waals surface area (Å²) in [6.07, 6.45) is 0.721. The number of hydrogen-bond donors (Lipinski definition) is 0. The number of halogens is 3. The molecule has 3 amide bonds. The van der Waals surface area contributed by atoms with Crippen molar-refractivity contribution in [2.45, 2.75) is 16.1 Å². The van der Waals surface area contributed by atoms with Crippen LogP contribution in [0, 0.1) is 23.7 Å². The second-order valence-electron chi connectivity index (χ2n) is 10.9. The molecule has 226 valence electrons. The van der Waals surface area contributed by atoms with Crippen LogP contribution >= 0.6 is 43.5 Å². The maximum absolute atomic E-state index is 13.9. The number of hydrazine groups is 1. The predicted octanol–water partition coefficient (Wildman–Crippen LogP) is 5.59. The number of benzene rings is 3. The first-order chi connectivity index (χ1) is 21.1. The number of hydrogen-bond acceptors (Lipinski definition) is 7. The van der Waals surface area contributed by atoms with Gasteiger partial charge in [0.2, 0.25) is 0 Å². The molecular formula is C32H25Br2ClN2O7. The number of amides is 3. The van der Waals surface area contributed by atoms with E-state index >= 15 is 0 Å². The van der Waals surface area contributed by atoms with Crippen LogP contribution in [0.5, 0.6) is 11.5 Å². The molecule has 9 nitrogen and oxygen atoms in total. The Bertz CT molecular complexity index is 1650. The number of ketones is 1. The van der Waals surface area contributed by atoms with Crippen molar-refractivity contribution in [1.29, 1.82) is 0 Å². The third-order valence-corrected chi connectivity index (χ3v) is 12.1. The van der Waals surface area contributed by atoms with Crippen LogP contribution in [0.25, 0.3) is 0 Å². The Kier molecular flexibility index (Phi) is 8.38. The molecule has 0 radical (unpaired) electrons. The van der Waals surface area contributed by atoms with E-state index < -0.39 is 47.9 Å². The number of Topliss-reactive ketones (excluding diaryl/α,β-unsaturated/α-hetero) is 1. The van der Waals surface area contributed by atoms with Gasteiger partial charge in [-0.3, -0.25) is 19.2 Å². The Hall–Kier alpha value is -3.54. The average molecular weight is 745 g/mol. The summed E-state index contributed by atoms with van der Waals surface area (Å²) in [6.45, 7) is -0.589. The van der Waals surface area contributed by atoms with Crippen molar-refractivity contribution >= 4 is 72.9 Å². The maximum Gasteiger partial charge on any atom is 0.343 e. The van der Waals surface area contributed by atoms with Gasteiger partial charge in [-0.05, 0) is 72.9 Å². The van der Waals surface area contributed by atoms with Crippen LogP contribution in [0.4, 0.5) is 0 Å². The Labute approximate surface area is 274 Å². The molecular weight excluding hydrogens is 720 g/mol. The molecule has 1 saturated heterocycles. The molecule has 44 heavy (non-hydrogen) atoms. The van der Waals surface area contributed by atoms with Gasteiger partial charge in [0.15, 0.2) is 5.78 Å². The van der Waals surface area contributed by atoms with E-state index in [0.29, 0.717) is 5.75 Å². The van der Waals surface area contributed by atoms with Crippen LogP contribution in [0.2, 0.25) is 5.02 Å². The van der Waals surface area contributed by atoms with Crippen LogP contribution < -0.4 is 9.47 Å². The molecule has 0 unspecified atom stereocenters. The van der Waals surface area contributed by atoms with Gasteiger partial charge < -0.3 is 9.47 Å². The van der Waals surface area contributed by atoms with Crippen molar-refractivity contribution in [1.82, 2.24) is 10.0 Å². The lowest BCUT2D eigenvalue weighted by Gasteiger charge is -2.31. The molecule has 3 fully saturated rings. The molecule has 3 aromatic carbocycles. The van der Waals surface area contributed by atoms with Crippen molar-refractivity contribution in [2.75, 3.05) is 13.7 Å². The zero-order valence-corrected chi connectivity index (χ0v) is 27.1. The number of rotatable bonds is 8. The van der Waals surface area contributed by atoms with E-state index in [4.69, 9.17) is 21.1 Å². The second-order valence-corrected chi connectivity index (χ2v) is 13.4. The molecule has 0 N–H and O–H groups in total. The molecule has 0 aromatic heterocycles. The van der Waals surface area contributed by atoms with E-state index in [2.05, 4.69) is 31.9 Å². The van der Waals surface area contributed by atoms with Crippen LogP contribution in [0.15, 0.2) is 72.8 Å². The number of nitrogens with zero attached hydrogens (tertiary/aromatic N) is 2. The lowest BCUT2D eigenvalue weighted by atomic mass is 9.81. The van der Waals surface area contributed by atoms with Gasteiger partial charge in [-0.1, -0.05) is 61.7 Å². The fraction of sp³-hybridized carbons (Fsp3) is 0.281. The Morgan fingerprint density at radius 3 is 2.11 bits per heavy atom. The molecule has 1 aliphatic heterocycles. The number of carbonyl (C=O) groups excluding carboxylic acids is 5. The number of fused-ring (bicyclic) bond motifs is 5. The summed E-state index contributed by atoms with van der Waals surface area (Å²) < 4.78 is 10.6. The maximum atomic E-state index is 13.9. The molecule has 2 aliphatic carbocycles. The summed E-state index contributed by atoms with van der Waals surface area (Å²) in [5, 5.41) is 1.89. The molecule has 2 bridgehead atoms. The summed E-state index contributed by atoms with van der Waals surface area (Å²) in [4.78, 5) is 67.6. The summed E-state index contributed by atoms with van der Waals surface area (Å²) >= 11 is 13.7. The quantitative estimate of drug-likeness (QED) is 0.0974. The Morgan fingerprint density at radius 1 is 0.864 bits per heavy atom. The smallest absolute Gasteiger partial charge is 0.343 e. The fourth-order valence-corrected chi connectivity index (χ4v) is 8.52. The van der Waals surface area contributed by atoms with E-state index in [1.807, 2.05) is 0 Å². The van der Waals surface area contributed by atoms with Gasteiger partial charge in [0.25, 0.3) is 17.7 Å². The van der Waals surface area contributed by atoms with E-state index in [1.54, 1.807) is 36.4 Å². The van der Waals surface area contributed by atoms with E-state index in [-0.39, 0.29) is 49.0 Å². The van der Waals surface area contributed by atoms with Gasteiger partial charge in [0.1, 0.15) is 18.0 Å². The van der Waals surface area contributed by atoms with Crippen molar-refractivity contribution in [3.8, 4) is 11.5 Å². The number of ether oxygens (including phenoxy) is 2. The highest BCUT2D eigenvalue weighted by Crippen LogP contribution is 2.60. The number of methoxy groups -OCH3 is 1. The molecule has 1 heterocycles. The summed E-state index contributed by atoms with van der Waals surface area (Å²) in [5.74, 6) is -3.49. The monoisotopic (exact) mass is 742 g/mol. The molecule has 6 rings (SSSR count). The normalized spacial score (nSPS) is 25.1. The third-order valence-electron chi connectivity index (χ3n) is 8.53. The van der Waals surface area contributed by atoms with Crippen molar-refractivity contribution < 1.29 is 33.4 Å². The fourth-order valence-electron chi connectivity index (χ4n) is 6.43. The van der Waals surface area contributed by atoms with E-state index in [9.17, 15) is 24.0 Å². The number of esters is 1. The van der Waals surface area contributed by atoms with E-state index in [0.717, 1.165) is 16.4 Å². The predicted molar refractivity (Wildman–Crippen MR) is 167 cm³/mol. The number of carbonyl (C=O) groups is 5. The summed E-state index contributed by atoms with van der Waals surface area (Å²) in [7, 11) is 1.49. The zero-order valence-electron chi connectivity index (χ0n) is 23.2. The highest BCUT2D eigenvalue weighted by Gasteiger charge is 2.67. The lowest BCUT2D eigenvalue weighted by molar-refractivity contribution is -0.154. The summed E-state index contributed by atoms with van der Waals surface area (Å²) in [5.41, 5.74) is 0.525. The largest absolute Gasteiger partial charge is 0.497 e. The van der Waals surface area contributed by atoms with Gasteiger partial charge in [-0.25, -0.2) is 9.80 Å². The van der Waals surface area contributed by atoms with Gasteiger partial charge in [0, 0.05) is 15.2 Å². The Morgan fingerprint density at radius 2 is 1.50 bits per heavy atom. The van der Waals surface area contributed by atoms with Crippen LogP contribution in [0.1, 0.15) is 37.5 Å². The van der Waals surface area contributed by atoms with E-state index in [1.165, 1.54) is 43.5 Å². The van der Waals surface area contributed by atoms with Crippen molar-refractivity contribution in [3.63, 3.8) is 0 Å². The zero-order chi connectivity index (χ0) is 31.3. The highest BCUT2D eigenvalue weighted by molar-refractivity contribution is 9.12. The lowest BCUT2D eigenvalue weighted by Crippen LogP contribution is -2.52. The summed E-state index contributed by atoms with van der Waals surface area (Å²) in [6, 6.07) is 18.6. The molecule has 3 aliphatic rings. The Balaban J connectivity index is 1.24. The molecule has 0 spiro atoms. The van der Waals surface area contributed by atoms with Crippen molar-refractivity contribution in [2.24, 2.45) is 23.7 Å².